The lowest BCUT2D eigenvalue weighted by Gasteiger charge is -2.23. The van der Waals surface area contributed by atoms with Crippen molar-refractivity contribution >= 4 is 5.91 Å². The molecule has 0 aromatic rings. The lowest BCUT2D eigenvalue weighted by atomic mass is 9.95. The van der Waals surface area contributed by atoms with E-state index in [4.69, 9.17) is 5.73 Å². The van der Waals surface area contributed by atoms with E-state index in [9.17, 15) is 4.79 Å². The maximum absolute atomic E-state index is 11.9. The van der Waals surface area contributed by atoms with Gasteiger partial charge in [-0.25, -0.2) is 0 Å². The summed E-state index contributed by atoms with van der Waals surface area (Å²) in [4.78, 5) is 14.2. The van der Waals surface area contributed by atoms with Crippen molar-refractivity contribution in [3.05, 3.63) is 0 Å². The summed E-state index contributed by atoms with van der Waals surface area (Å²) in [7, 11) is 0. The van der Waals surface area contributed by atoms with E-state index < -0.39 is 0 Å². The normalized spacial score (nSPS) is 30.6. The van der Waals surface area contributed by atoms with Crippen molar-refractivity contribution in [3.63, 3.8) is 0 Å². The Kier molecular flexibility index (Phi) is 5.01. The summed E-state index contributed by atoms with van der Waals surface area (Å²) in [5.41, 5.74) is 5.98. The first kappa shape index (κ1) is 13.8. The second-order valence-electron chi connectivity index (χ2n) is 6.05. The second kappa shape index (κ2) is 6.53. The molecule has 2 aliphatic rings. The number of hydrogen-bond acceptors (Lipinski definition) is 3. The molecule has 3 N–H and O–H groups in total. The quantitative estimate of drug-likeness (QED) is 0.789. The molecule has 2 atom stereocenters. The third-order valence-corrected chi connectivity index (χ3v) is 4.37. The molecule has 4 heteroatoms. The van der Waals surface area contributed by atoms with Crippen LogP contribution < -0.4 is 11.1 Å². The van der Waals surface area contributed by atoms with Gasteiger partial charge in [-0.1, -0.05) is 26.2 Å². The van der Waals surface area contributed by atoms with Gasteiger partial charge < -0.3 is 16.0 Å². The number of amides is 1. The molecule has 1 heterocycles. The molecule has 2 rings (SSSR count). The molecule has 2 unspecified atom stereocenters. The number of rotatable bonds is 4. The summed E-state index contributed by atoms with van der Waals surface area (Å²) >= 11 is 0. The highest BCUT2D eigenvalue weighted by Gasteiger charge is 2.26. The highest BCUT2D eigenvalue weighted by atomic mass is 16.1. The first-order valence-electron chi connectivity index (χ1n) is 7.42. The largest absolute Gasteiger partial charge is 0.353 e. The zero-order valence-corrected chi connectivity index (χ0v) is 11.5. The molecular formula is C14H27N3O. The van der Waals surface area contributed by atoms with Crippen molar-refractivity contribution in [3.8, 4) is 0 Å². The maximum Gasteiger partial charge on any atom is 0.221 e. The molecule has 1 saturated heterocycles. The molecule has 2 fully saturated rings. The predicted molar refractivity (Wildman–Crippen MR) is 73.2 cm³/mol. The number of nitrogens with two attached hydrogens (primary N) is 1. The molecule has 0 aromatic carbocycles. The van der Waals surface area contributed by atoms with Crippen LogP contribution in [0.2, 0.25) is 0 Å². The van der Waals surface area contributed by atoms with Crippen molar-refractivity contribution in [2.24, 2.45) is 11.7 Å². The molecule has 0 bridgehead atoms. The molecule has 0 radical (unpaired) electrons. The number of carbonyl (C=O) groups excluding carboxylic acids is 1. The Bertz CT molecular complexity index is 266. The third kappa shape index (κ3) is 3.95. The average molecular weight is 253 g/mol. The molecule has 1 saturated carbocycles. The topological polar surface area (TPSA) is 58.4 Å². The van der Waals surface area contributed by atoms with Crippen LogP contribution in [-0.4, -0.2) is 42.5 Å². The summed E-state index contributed by atoms with van der Waals surface area (Å²) in [6.45, 7) is 5.03. The molecule has 0 spiro atoms. The van der Waals surface area contributed by atoms with Crippen LogP contribution in [0.3, 0.4) is 0 Å². The summed E-state index contributed by atoms with van der Waals surface area (Å²) in [6, 6.07) is 0.720. The van der Waals surface area contributed by atoms with E-state index >= 15 is 0 Å². The van der Waals surface area contributed by atoms with Gasteiger partial charge >= 0.3 is 0 Å². The molecule has 0 aromatic heterocycles. The molecule has 4 nitrogen and oxygen atoms in total. The van der Waals surface area contributed by atoms with Crippen LogP contribution >= 0.6 is 0 Å². The van der Waals surface area contributed by atoms with Gasteiger partial charge in [0.15, 0.2) is 0 Å². The lowest BCUT2D eigenvalue weighted by molar-refractivity contribution is -0.122. The number of carbonyl (C=O) groups is 1. The molecule has 104 valence electrons. The Labute approximate surface area is 110 Å². The van der Waals surface area contributed by atoms with E-state index in [1.807, 2.05) is 0 Å². The van der Waals surface area contributed by atoms with E-state index in [2.05, 4.69) is 17.1 Å². The van der Waals surface area contributed by atoms with E-state index in [1.165, 1.54) is 19.3 Å². The number of hydrogen-bond donors (Lipinski definition) is 2. The monoisotopic (exact) mass is 253 g/mol. The zero-order chi connectivity index (χ0) is 13.0. The van der Waals surface area contributed by atoms with Crippen LogP contribution in [0.4, 0.5) is 0 Å². The van der Waals surface area contributed by atoms with Gasteiger partial charge in [-0.15, -0.1) is 0 Å². The fraction of sp³-hybridized carbons (Fsp3) is 0.929. The van der Waals surface area contributed by atoms with Crippen molar-refractivity contribution in [1.29, 1.82) is 0 Å². The fourth-order valence-electron chi connectivity index (χ4n) is 3.08. The van der Waals surface area contributed by atoms with Gasteiger partial charge in [0.05, 0.1) is 0 Å². The van der Waals surface area contributed by atoms with Gasteiger partial charge in [-0.2, -0.15) is 0 Å². The summed E-state index contributed by atoms with van der Waals surface area (Å²) in [6.07, 6.45) is 6.81. The minimum Gasteiger partial charge on any atom is -0.353 e. The van der Waals surface area contributed by atoms with Crippen molar-refractivity contribution < 1.29 is 4.79 Å². The molecule has 1 aliphatic carbocycles. The smallest absolute Gasteiger partial charge is 0.221 e. The Balaban J connectivity index is 1.62. The van der Waals surface area contributed by atoms with Crippen molar-refractivity contribution in [2.45, 2.75) is 57.5 Å². The van der Waals surface area contributed by atoms with Crippen LogP contribution in [0.25, 0.3) is 0 Å². The fourth-order valence-corrected chi connectivity index (χ4v) is 3.08. The lowest BCUT2D eigenvalue weighted by Crippen LogP contribution is -2.38. The van der Waals surface area contributed by atoms with Crippen molar-refractivity contribution in [2.75, 3.05) is 19.6 Å². The van der Waals surface area contributed by atoms with Crippen LogP contribution in [-0.2, 0) is 4.79 Å². The maximum atomic E-state index is 11.9. The predicted octanol–water partition coefficient (Wildman–Crippen LogP) is 1.10. The van der Waals surface area contributed by atoms with Gasteiger partial charge in [0.2, 0.25) is 5.91 Å². The Hall–Kier alpha value is -0.610. The Morgan fingerprint density at radius 1 is 1.28 bits per heavy atom. The number of nitrogens with one attached hydrogen (secondary N) is 1. The van der Waals surface area contributed by atoms with Crippen LogP contribution in [0, 0.1) is 5.92 Å². The Morgan fingerprint density at radius 2 is 2.00 bits per heavy atom. The first-order chi connectivity index (χ1) is 8.65. The van der Waals surface area contributed by atoms with E-state index in [0.717, 1.165) is 32.5 Å². The van der Waals surface area contributed by atoms with E-state index in [0.29, 0.717) is 18.4 Å². The molecule has 1 amide bonds. The van der Waals surface area contributed by atoms with Gasteiger partial charge in [-0.05, 0) is 18.8 Å². The summed E-state index contributed by atoms with van der Waals surface area (Å²) in [5.74, 6) is 0.779. The van der Waals surface area contributed by atoms with Gasteiger partial charge in [0.25, 0.3) is 0 Å². The number of likely N-dealkylation sites (tertiary alicyclic amines) is 1. The van der Waals surface area contributed by atoms with Gasteiger partial charge in [-0.3, -0.25) is 4.79 Å². The third-order valence-electron chi connectivity index (χ3n) is 4.37. The summed E-state index contributed by atoms with van der Waals surface area (Å²) < 4.78 is 0. The molecule has 18 heavy (non-hydrogen) atoms. The SMILES string of the molecule is CC1CN(CCC(=O)NC2CCCCC2)CC1N. The second-order valence-corrected chi connectivity index (χ2v) is 6.05. The highest BCUT2D eigenvalue weighted by molar-refractivity contribution is 5.76. The van der Waals surface area contributed by atoms with Gasteiger partial charge in [0.1, 0.15) is 0 Å². The zero-order valence-electron chi connectivity index (χ0n) is 11.5. The highest BCUT2D eigenvalue weighted by Crippen LogP contribution is 2.18. The molecular weight excluding hydrogens is 226 g/mol. The van der Waals surface area contributed by atoms with Crippen LogP contribution in [0.5, 0.6) is 0 Å². The van der Waals surface area contributed by atoms with E-state index in [-0.39, 0.29) is 11.9 Å². The van der Waals surface area contributed by atoms with Gasteiger partial charge in [0, 0.05) is 38.1 Å². The minimum absolute atomic E-state index is 0.218. The van der Waals surface area contributed by atoms with Crippen LogP contribution in [0.15, 0.2) is 0 Å². The average Bonchev–Trinajstić information content (AvgIpc) is 2.68. The molecule has 1 aliphatic heterocycles. The van der Waals surface area contributed by atoms with Crippen molar-refractivity contribution in [1.82, 2.24) is 10.2 Å². The number of nitrogens with zero attached hydrogens (tertiary/aromatic N) is 1. The van der Waals surface area contributed by atoms with E-state index in [1.54, 1.807) is 0 Å². The Morgan fingerprint density at radius 3 is 2.61 bits per heavy atom. The van der Waals surface area contributed by atoms with Crippen LogP contribution in [0.1, 0.15) is 45.4 Å². The minimum atomic E-state index is 0.218. The standard InChI is InChI=1S/C14H27N3O/c1-11-9-17(10-13(11)15)8-7-14(18)16-12-5-3-2-4-6-12/h11-13H,2-10,15H2,1H3,(H,16,18). The summed E-state index contributed by atoms with van der Waals surface area (Å²) in [5, 5.41) is 3.17. The first-order valence-corrected chi connectivity index (χ1v) is 7.42.